The largest absolute Gasteiger partial charge is 0.494 e. The minimum absolute atomic E-state index is 0.00497. The third-order valence-corrected chi connectivity index (χ3v) is 9.01. The Bertz CT molecular complexity index is 1530. The molecule has 3 atom stereocenters. The lowest BCUT2D eigenvalue weighted by Crippen LogP contribution is -2.55. The fourth-order valence-electron chi connectivity index (χ4n) is 6.16. The number of carbonyl (C=O) groups is 4. The number of rotatable bonds is 8. The third-order valence-electron chi connectivity index (χ3n) is 9.01. The molecule has 1 saturated heterocycles. The zero-order chi connectivity index (χ0) is 33.7. The first-order valence-corrected chi connectivity index (χ1v) is 16.9. The van der Waals surface area contributed by atoms with Crippen LogP contribution in [0.4, 0.5) is 0 Å². The van der Waals surface area contributed by atoms with Gasteiger partial charge in [-0.1, -0.05) is 54.6 Å². The van der Waals surface area contributed by atoms with Gasteiger partial charge in [-0.3, -0.25) is 19.2 Å². The number of nitrogens with zero attached hydrogens (tertiary/aromatic N) is 1. The highest BCUT2D eigenvalue weighted by atomic mass is 16.5. The number of aryl methyl sites for hydroxylation is 2. The summed E-state index contributed by atoms with van der Waals surface area (Å²) in [6.45, 7) is 4.02. The van der Waals surface area contributed by atoms with Gasteiger partial charge in [-0.25, -0.2) is 0 Å². The molecule has 1 fully saturated rings. The topological polar surface area (TPSA) is 126 Å². The van der Waals surface area contributed by atoms with Crippen molar-refractivity contribution in [2.24, 2.45) is 5.92 Å². The molecule has 254 valence electrons. The number of hydrogen-bond donors (Lipinski definition) is 3. The van der Waals surface area contributed by atoms with E-state index in [2.05, 4.69) is 16.0 Å². The van der Waals surface area contributed by atoms with Crippen LogP contribution in [0.25, 0.3) is 0 Å². The van der Waals surface area contributed by atoms with Crippen molar-refractivity contribution in [1.82, 2.24) is 20.9 Å². The predicted molar refractivity (Wildman–Crippen MR) is 182 cm³/mol. The molecular weight excluding hydrogens is 608 g/mol. The number of carbonyl (C=O) groups excluding carboxylic acids is 4. The quantitative estimate of drug-likeness (QED) is 0.336. The molecule has 2 heterocycles. The molecular formula is C38H46N4O6. The summed E-state index contributed by atoms with van der Waals surface area (Å²) in [4.78, 5) is 56.0. The first-order valence-electron chi connectivity index (χ1n) is 16.9. The first kappa shape index (κ1) is 34.5. The standard InChI is InChI=1S/C38H46N4O6/c1-27-14-16-32-23-30(27)25-39-37(45)33(17-15-28-9-4-2-5-10-28)41-38(46)34(40-35(43)19-22-47-31-12-6-3-7-13-31)24-36(44)42-20-8-11-29(26-42)18-21-48-32/h2-7,9-10,12-14,16,23,29,33-34H,8,11,15,17-22,24-26H2,1H3,(H,39,45)(H,40,43)(H,41,46)/t29?,33-,34-/m0/s1. The second-order valence-electron chi connectivity index (χ2n) is 12.6. The van der Waals surface area contributed by atoms with E-state index in [1.807, 2.05) is 73.7 Å². The Labute approximate surface area is 282 Å². The minimum Gasteiger partial charge on any atom is -0.494 e. The van der Waals surface area contributed by atoms with E-state index in [1.54, 1.807) is 17.0 Å². The van der Waals surface area contributed by atoms with E-state index < -0.39 is 23.9 Å². The summed E-state index contributed by atoms with van der Waals surface area (Å²) >= 11 is 0. The zero-order valence-corrected chi connectivity index (χ0v) is 27.6. The van der Waals surface area contributed by atoms with E-state index in [0.29, 0.717) is 38.3 Å². The molecule has 2 aliphatic rings. The van der Waals surface area contributed by atoms with Gasteiger partial charge < -0.3 is 30.3 Å². The number of fused-ring (bicyclic) bond motifs is 4. The number of hydrogen-bond acceptors (Lipinski definition) is 6. The average Bonchev–Trinajstić information content (AvgIpc) is 3.10. The van der Waals surface area contributed by atoms with Crippen LogP contribution in [0.5, 0.6) is 11.5 Å². The number of nitrogens with one attached hydrogen (secondary N) is 3. The Morgan fingerprint density at radius 1 is 0.979 bits per heavy atom. The van der Waals surface area contributed by atoms with Gasteiger partial charge in [-0.05, 0) is 85.9 Å². The summed E-state index contributed by atoms with van der Waals surface area (Å²) in [6.07, 6.45) is 3.29. The first-order chi connectivity index (χ1) is 23.3. The van der Waals surface area contributed by atoms with E-state index in [1.165, 1.54) is 0 Å². The molecule has 4 amide bonds. The average molecular weight is 655 g/mol. The van der Waals surface area contributed by atoms with Crippen molar-refractivity contribution in [2.75, 3.05) is 26.3 Å². The highest BCUT2D eigenvalue weighted by Gasteiger charge is 2.32. The molecule has 3 aromatic carbocycles. The van der Waals surface area contributed by atoms with Gasteiger partial charge in [0.25, 0.3) is 0 Å². The molecule has 1 unspecified atom stereocenters. The van der Waals surface area contributed by atoms with Crippen LogP contribution in [0.15, 0.2) is 78.9 Å². The van der Waals surface area contributed by atoms with Crippen LogP contribution in [0, 0.1) is 12.8 Å². The van der Waals surface area contributed by atoms with Gasteiger partial charge in [0.1, 0.15) is 23.6 Å². The van der Waals surface area contributed by atoms with E-state index in [4.69, 9.17) is 9.47 Å². The molecule has 10 nitrogen and oxygen atoms in total. The molecule has 48 heavy (non-hydrogen) atoms. The van der Waals surface area contributed by atoms with Crippen LogP contribution in [0.1, 0.15) is 55.2 Å². The second-order valence-corrected chi connectivity index (χ2v) is 12.6. The SMILES string of the molecule is Cc1ccc2cc1CNC(=O)[C@H](CCc1ccccc1)NC(=O)[C@@H](NC(=O)CCOc1ccccc1)CC(=O)N1CCCC(CCO2)C1. The maximum absolute atomic E-state index is 13.9. The molecule has 0 spiro atoms. The summed E-state index contributed by atoms with van der Waals surface area (Å²) in [5.74, 6) is 0.0783. The van der Waals surface area contributed by atoms with Gasteiger partial charge in [-0.15, -0.1) is 0 Å². The maximum atomic E-state index is 13.9. The Kier molecular flexibility index (Phi) is 12.5. The molecule has 0 aliphatic carbocycles. The van der Waals surface area contributed by atoms with Crippen molar-refractivity contribution in [3.63, 3.8) is 0 Å². The molecule has 10 heteroatoms. The summed E-state index contributed by atoms with van der Waals surface area (Å²) in [7, 11) is 0. The van der Waals surface area contributed by atoms with Crippen LogP contribution in [0.2, 0.25) is 0 Å². The number of benzene rings is 3. The van der Waals surface area contributed by atoms with Crippen molar-refractivity contribution in [3.05, 3.63) is 95.6 Å². The van der Waals surface area contributed by atoms with Crippen LogP contribution in [0.3, 0.4) is 0 Å². The summed E-state index contributed by atoms with van der Waals surface area (Å²) in [5, 5.41) is 8.65. The van der Waals surface area contributed by atoms with Crippen LogP contribution >= 0.6 is 0 Å². The maximum Gasteiger partial charge on any atom is 0.243 e. The number of para-hydroxylation sites is 1. The Hall–Kier alpha value is -4.86. The number of piperidine rings is 1. The van der Waals surface area contributed by atoms with Crippen molar-refractivity contribution in [2.45, 2.75) is 70.5 Å². The highest BCUT2D eigenvalue weighted by Crippen LogP contribution is 2.23. The van der Waals surface area contributed by atoms with Gasteiger partial charge in [-0.2, -0.15) is 0 Å². The lowest BCUT2D eigenvalue weighted by atomic mass is 9.94. The minimum atomic E-state index is -1.16. The summed E-state index contributed by atoms with van der Waals surface area (Å²) in [5.41, 5.74) is 2.97. The molecule has 0 radical (unpaired) electrons. The van der Waals surface area contributed by atoms with Crippen LogP contribution in [-0.4, -0.2) is 66.9 Å². The van der Waals surface area contributed by atoms with E-state index in [9.17, 15) is 19.2 Å². The summed E-state index contributed by atoms with van der Waals surface area (Å²) in [6, 6.07) is 22.7. The smallest absolute Gasteiger partial charge is 0.243 e. The van der Waals surface area contributed by atoms with Crippen molar-refractivity contribution >= 4 is 23.6 Å². The molecule has 4 bridgehead atoms. The van der Waals surface area contributed by atoms with Crippen molar-refractivity contribution in [1.29, 1.82) is 0 Å². The zero-order valence-electron chi connectivity index (χ0n) is 27.6. The lowest BCUT2D eigenvalue weighted by Gasteiger charge is -2.34. The van der Waals surface area contributed by atoms with Gasteiger partial charge in [0.05, 0.1) is 26.1 Å². The van der Waals surface area contributed by atoms with Gasteiger partial charge in [0.15, 0.2) is 0 Å². The Morgan fingerprint density at radius 3 is 2.54 bits per heavy atom. The van der Waals surface area contributed by atoms with E-state index >= 15 is 0 Å². The third kappa shape index (κ3) is 10.3. The molecule has 3 aromatic rings. The van der Waals surface area contributed by atoms with E-state index in [0.717, 1.165) is 41.7 Å². The Morgan fingerprint density at radius 2 is 1.75 bits per heavy atom. The fourth-order valence-corrected chi connectivity index (χ4v) is 6.16. The van der Waals surface area contributed by atoms with Crippen molar-refractivity contribution in [3.8, 4) is 11.5 Å². The fraction of sp³-hybridized carbons (Fsp3) is 0.421. The Balaban J connectivity index is 1.35. The van der Waals surface area contributed by atoms with Crippen LogP contribution in [-0.2, 0) is 32.1 Å². The number of ether oxygens (including phenoxy) is 2. The van der Waals surface area contributed by atoms with Gasteiger partial charge in [0.2, 0.25) is 23.6 Å². The van der Waals surface area contributed by atoms with Crippen molar-refractivity contribution < 1.29 is 28.7 Å². The highest BCUT2D eigenvalue weighted by molar-refractivity contribution is 5.95. The molecule has 2 aliphatic heterocycles. The predicted octanol–water partition coefficient (Wildman–Crippen LogP) is 4.09. The molecule has 5 rings (SSSR count). The number of amides is 4. The molecule has 0 aromatic heterocycles. The van der Waals surface area contributed by atoms with Crippen LogP contribution < -0.4 is 25.4 Å². The molecule has 3 N–H and O–H groups in total. The second kappa shape index (κ2) is 17.3. The normalized spacial score (nSPS) is 20.7. The van der Waals surface area contributed by atoms with Gasteiger partial charge >= 0.3 is 0 Å². The monoisotopic (exact) mass is 654 g/mol. The lowest BCUT2D eigenvalue weighted by molar-refractivity contribution is -0.138. The molecule has 0 saturated carbocycles. The van der Waals surface area contributed by atoms with E-state index in [-0.39, 0.29) is 43.7 Å². The summed E-state index contributed by atoms with van der Waals surface area (Å²) < 4.78 is 11.8. The van der Waals surface area contributed by atoms with Gasteiger partial charge in [0, 0.05) is 19.6 Å².